The second-order valence-electron chi connectivity index (χ2n) is 3.27. The molecule has 0 atom stereocenters. The Kier molecular flexibility index (Phi) is 44.9. The summed E-state index contributed by atoms with van der Waals surface area (Å²) in [6.45, 7) is 19.0. The fourth-order valence-electron chi connectivity index (χ4n) is 0.575. The molecule has 0 aromatic carbocycles. The molecule has 1 heteroatoms. The van der Waals surface area contributed by atoms with Crippen LogP contribution in [0.15, 0.2) is 24.1 Å². The monoisotopic (exact) mass is 242 g/mol. The number of hydrogen-bond donors (Lipinski definition) is 0. The van der Waals surface area contributed by atoms with E-state index in [2.05, 4.69) is 73.6 Å². The first-order valence-corrected chi connectivity index (χ1v) is 6.68. The smallest absolute Gasteiger partial charge is 0.00518 e. The summed E-state index contributed by atoms with van der Waals surface area (Å²) >= 11 is 1.94. The Morgan fingerprint density at radius 2 is 1.50 bits per heavy atom. The minimum absolute atomic E-state index is 0.833. The summed E-state index contributed by atoms with van der Waals surface area (Å²) in [4.78, 5) is 1.51. The molecule has 16 heavy (non-hydrogen) atoms. The minimum Gasteiger partial charge on any atom is -0.131 e. The third-order valence-electron chi connectivity index (χ3n) is 1.00. The molecule has 0 amide bonds. The molecular formula is C15H30S. The quantitative estimate of drug-likeness (QED) is 0.447. The zero-order valence-corrected chi connectivity index (χ0v) is 12.9. The molecule has 0 nitrogen and oxygen atoms in total. The molecule has 0 saturated carbocycles. The Morgan fingerprint density at radius 1 is 1.19 bits per heavy atom. The highest BCUT2D eigenvalue weighted by atomic mass is 32.2. The van der Waals surface area contributed by atoms with Crippen molar-refractivity contribution in [2.75, 3.05) is 5.75 Å². The van der Waals surface area contributed by atoms with E-state index < -0.39 is 0 Å². The number of allylic oxidation sites excluding steroid dienone is 2. The van der Waals surface area contributed by atoms with Crippen LogP contribution in [0.2, 0.25) is 0 Å². The van der Waals surface area contributed by atoms with Gasteiger partial charge in [-0.2, -0.15) is 0 Å². The molecule has 0 aromatic rings. The first-order valence-electron chi connectivity index (χ1n) is 5.69. The number of hydrogen-bond acceptors (Lipinski definition) is 1. The minimum atomic E-state index is 0.833. The largest absolute Gasteiger partial charge is 0.131 e. The van der Waals surface area contributed by atoms with E-state index in [1.165, 1.54) is 17.1 Å². The van der Waals surface area contributed by atoms with Crippen molar-refractivity contribution >= 4 is 11.8 Å². The van der Waals surface area contributed by atoms with Crippen LogP contribution in [0.4, 0.5) is 0 Å². The molecule has 0 spiro atoms. The van der Waals surface area contributed by atoms with Gasteiger partial charge in [-0.15, -0.1) is 37.8 Å². The van der Waals surface area contributed by atoms with Crippen LogP contribution < -0.4 is 0 Å². The lowest BCUT2D eigenvalue weighted by Gasteiger charge is -1.97. The third-order valence-corrected chi connectivity index (χ3v) is 2.18. The van der Waals surface area contributed by atoms with E-state index in [9.17, 15) is 0 Å². The predicted octanol–water partition coefficient (Wildman–Crippen LogP) is 5.77. The van der Waals surface area contributed by atoms with Gasteiger partial charge in [-0.3, -0.25) is 0 Å². The highest BCUT2D eigenvalue weighted by Crippen LogP contribution is 2.17. The van der Waals surface area contributed by atoms with Crippen LogP contribution in [-0.4, -0.2) is 5.75 Å². The zero-order chi connectivity index (χ0) is 14.0. The van der Waals surface area contributed by atoms with Gasteiger partial charge < -0.3 is 0 Å². The van der Waals surface area contributed by atoms with Gasteiger partial charge in [0.25, 0.3) is 0 Å². The maximum absolute atomic E-state index is 4.00. The topological polar surface area (TPSA) is 0 Å². The first-order chi connectivity index (χ1) is 7.58. The van der Waals surface area contributed by atoms with E-state index in [0.29, 0.717) is 0 Å². The van der Waals surface area contributed by atoms with Crippen LogP contribution in [0.5, 0.6) is 0 Å². The van der Waals surface area contributed by atoms with Crippen molar-refractivity contribution in [1.82, 2.24) is 0 Å². The van der Waals surface area contributed by atoms with Gasteiger partial charge in [0.2, 0.25) is 0 Å². The van der Waals surface area contributed by atoms with Crippen LogP contribution >= 0.6 is 11.8 Å². The lowest BCUT2D eigenvalue weighted by Crippen LogP contribution is -1.72. The molecule has 0 N–H and O–H groups in total. The molecule has 0 bridgehead atoms. The van der Waals surface area contributed by atoms with E-state index >= 15 is 0 Å². The molecule has 96 valence electrons. The zero-order valence-electron chi connectivity index (χ0n) is 12.0. The average Bonchev–Trinajstić information content (AvgIpc) is 2.30. The molecule has 0 aliphatic heterocycles. The highest BCUT2D eigenvalue weighted by molar-refractivity contribution is 8.03. The van der Waals surface area contributed by atoms with E-state index in [1.807, 2.05) is 11.8 Å². The normalized spacial score (nSPS) is 8.69. The SMILES string of the molecule is C#C.C/C=C(/CC)SCC.C=C.CC(C)C. The highest BCUT2D eigenvalue weighted by Gasteiger charge is 1.87. The molecule has 0 unspecified atom stereocenters. The lowest BCUT2D eigenvalue weighted by molar-refractivity contribution is 0.737. The van der Waals surface area contributed by atoms with Crippen LogP contribution in [0, 0.1) is 18.8 Å². The van der Waals surface area contributed by atoms with E-state index in [1.54, 1.807) is 0 Å². The summed E-state index contributed by atoms with van der Waals surface area (Å²) in [7, 11) is 0. The molecular weight excluding hydrogens is 212 g/mol. The van der Waals surface area contributed by atoms with E-state index in [4.69, 9.17) is 0 Å². The maximum Gasteiger partial charge on any atom is -0.00518 e. The number of thioether (sulfide) groups is 1. The summed E-state index contributed by atoms with van der Waals surface area (Å²) in [5.74, 6) is 2.04. The van der Waals surface area contributed by atoms with Crippen LogP contribution in [0.1, 0.15) is 48.0 Å². The Balaban J connectivity index is -0.0000000761. The van der Waals surface area contributed by atoms with Gasteiger partial charge in [-0.1, -0.05) is 40.7 Å². The molecule has 0 fully saturated rings. The van der Waals surface area contributed by atoms with E-state index in [0.717, 1.165) is 5.92 Å². The molecule has 0 aliphatic carbocycles. The Labute approximate surface area is 109 Å². The molecule has 0 rings (SSSR count). The van der Waals surface area contributed by atoms with Crippen molar-refractivity contribution in [2.45, 2.75) is 48.0 Å². The van der Waals surface area contributed by atoms with Gasteiger partial charge >= 0.3 is 0 Å². The van der Waals surface area contributed by atoms with Gasteiger partial charge in [0.05, 0.1) is 0 Å². The van der Waals surface area contributed by atoms with Crippen LogP contribution in [-0.2, 0) is 0 Å². The average molecular weight is 242 g/mol. The van der Waals surface area contributed by atoms with Gasteiger partial charge in [0, 0.05) is 0 Å². The molecule has 0 heterocycles. The predicted molar refractivity (Wildman–Crippen MR) is 83.8 cm³/mol. The number of terminal acetylenes is 1. The molecule has 0 aromatic heterocycles. The van der Waals surface area contributed by atoms with Gasteiger partial charge in [0.1, 0.15) is 0 Å². The van der Waals surface area contributed by atoms with Crippen molar-refractivity contribution in [2.24, 2.45) is 5.92 Å². The Bertz CT molecular complexity index is 140. The Hall–Kier alpha value is -0.610. The maximum atomic E-state index is 4.00. The fraction of sp³-hybridized carbons (Fsp3) is 0.600. The van der Waals surface area contributed by atoms with E-state index in [-0.39, 0.29) is 0 Å². The van der Waals surface area contributed by atoms with Crippen molar-refractivity contribution in [3.63, 3.8) is 0 Å². The van der Waals surface area contributed by atoms with Crippen LogP contribution in [0.25, 0.3) is 0 Å². The van der Waals surface area contributed by atoms with Crippen molar-refractivity contribution in [3.8, 4) is 12.8 Å². The van der Waals surface area contributed by atoms with Crippen molar-refractivity contribution in [1.29, 1.82) is 0 Å². The summed E-state index contributed by atoms with van der Waals surface area (Å²) in [6.07, 6.45) is 11.4. The third kappa shape index (κ3) is 50.3. The summed E-state index contributed by atoms with van der Waals surface area (Å²) in [6, 6.07) is 0. The molecule has 0 saturated heterocycles. The summed E-state index contributed by atoms with van der Waals surface area (Å²) in [5.41, 5.74) is 0. The van der Waals surface area contributed by atoms with Gasteiger partial charge in [0.15, 0.2) is 0 Å². The van der Waals surface area contributed by atoms with Crippen molar-refractivity contribution < 1.29 is 0 Å². The van der Waals surface area contributed by atoms with Gasteiger partial charge in [-0.05, 0) is 29.9 Å². The van der Waals surface area contributed by atoms with Gasteiger partial charge in [-0.25, -0.2) is 0 Å². The standard InChI is InChI=1S/C7H14S.C4H10.C2H4.C2H2/c1-4-7(5-2)8-6-3;1-4(2)3;2*1-2/h4H,5-6H2,1-3H3;4H,1-3H3;1-2H2;1-2H/b7-4-;;;. The second kappa shape index (κ2) is 29.3. The fourth-order valence-corrected chi connectivity index (χ4v) is 1.32. The Morgan fingerprint density at radius 3 is 1.56 bits per heavy atom. The second-order valence-corrected chi connectivity index (χ2v) is 4.66. The molecule has 0 aliphatic rings. The van der Waals surface area contributed by atoms with Crippen molar-refractivity contribution in [3.05, 3.63) is 24.1 Å². The summed E-state index contributed by atoms with van der Waals surface area (Å²) in [5, 5.41) is 0. The first kappa shape index (κ1) is 24.6. The summed E-state index contributed by atoms with van der Waals surface area (Å²) < 4.78 is 0. The number of rotatable bonds is 3. The lowest BCUT2D eigenvalue weighted by atomic mass is 10.3. The van der Waals surface area contributed by atoms with Crippen LogP contribution in [0.3, 0.4) is 0 Å². The molecule has 0 radical (unpaired) electrons.